The average molecular weight is 441 g/mol. The molecule has 1 saturated heterocycles. The molecule has 2 aromatic rings. The highest BCUT2D eigenvalue weighted by Gasteiger charge is 2.18. The molecule has 0 bridgehead atoms. The number of hydrogen-bond donors (Lipinski definition) is 2. The first-order valence-electron chi connectivity index (χ1n) is 8.73. The summed E-state index contributed by atoms with van der Waals surface area (Å²) in [5, 5.41) is 3.43. The lowest BCUT2D eigenvalue weighted by molar-refractivity contribution is 0.266. The number of piperidine rings is 1. The Morgan fingerprint density at radius 3 is 3.00 bits per heavy atom. The molecule has 0 spiro atoms. The number of hydrogen-bond acceptors (Lipinski definition) is 2. The summed E-state index contributed by atoms with van der Waals surface area (Å²) in [4.78, 5) is 15.2. The van der Waals surface area contributed by atoms with Crippen molar-refractivity contribution < 1.29 is 0 Å². The van der Waals surface area contributed by atoms with Gasteiger partial charge in [0.1, 0.15) is 5.82 Å². The Hall–Kier alpha value is -1.31. The lowest BCUT2D eigenvalue weighted by atomic mass is 10.0. The van der Waals surface area contributed by atoms with Crippen LogP contribution in [0.3, 0.4) is 0 Å². The molecule has 1 atom stereocenters. The fourth-order valence-electron chi connectivity index (χ4n) is 3.20. The molecular weight excluding hydrogens is 413 g/mol. The van der Waals surface area contributed by atoms with Crippen molar-refractivity contribution in [1.29, 1.82) is 0 Å². The van der Waals surface area contributed by atoms with Gasteiger partial charge in [-0.05, 0) is 37.8 Å². The number of fused-ring (bicyclic) bond motifs is 1. The molecule has 0 amide bonds. The number of likely N-dealkylation sites (tertiary alicyclic amines) is 1. The Bertz CT molecular complexity index is 633. The molecule has 1 aromatic heterocycles. The van der Waals surface area contributed by atoms with Crippen LogP contribution in [0, 0.1) is 5.92 Å². The zero-order valence-electron chi connectivity index (χ0n) is 14.6. The Kier molecular flexibility index (Phi) is 7.33. The number of nitrogens with zero attached hydrogens (tertiary/aromatic N) is 3. The second kappa shape index (κ2) is 9.25. The third-order valence-electron chi connectivity index (χ3n) is 4.34. The van der Waals surface area contributed by atoms with Crippen LogP contribution in [0.5, 0.6) is 0 Å². The minimum absolute atomic E-state index is 0. The fraction of sp³-hybridized carbons (Fsp3) is 0.556. The Morgan fingerprint density at radius 1 is 1.42 bits per heavy atom. The minimum Gasteiger partial charge on any atom is -0.357 e. The van der Waals surface area contributed by atoms with E-state index in [1.165, 1.54) is 12.8 Å². The summed E-state index contributed by atoms with van der Waals surface area (Å²) in [6, 6.07) is 8.15. The molecule has 5 nitrogen and oxygen atoms in total. The second-order valence-corrected chi connectivity index (χ2v) is 6.38. The second-order valence-electron chi connectivity index (χ2n) is 6.38. The largest absolute Gasteiger partial charge is 0.357 e. The van der Waals surface area contributed by atoms with Gasteiger partial charge in [0.2, 0.25) is 0 Å². The summed E-state index contributed by atoms with van der Waals surface area (Å²) in [5.41, 5.74) is 2.13. The average Bonchev–Trinajstić information content (AvgIpc) is 2.97. The van der Waals surface area contributed by atoms with Crippen LogP contribution in [0.15, 0.2) is 29.3 Å². The summed E-state index contributed by atoms with van der Waals surface area (Å²) < 4.78 is 0. The van der Waals surface area contributed by atoms with Crippen molar-refractivity contribution in [3.63, 3.8) is 0 Å². The van der Waals surface area contributed by atoms with E-state index in [0.29, 0.717) is 0 Å². The van der Waals surface area contributed by atoms with Crippen LogP contribution < -0.4 is 5.32 Å². The number of benzene rings is 1. The molecule has 24 heavy (non-hydrogen) atoms. The number of H-pyrrole nitrogens is 1. The molecular formula is C18H28IN5. The summed E-state index contributed by atoms with van der Waals surface area (Å²) in [6.07, 6.45) is 3.43. The fourth-order valence-corrected chi connectivity index (χ4v) is 3.20. The molecule has 0 radical (unpaired) electrons. The molecule has 3 rings (SSSR count). The number of imidazole rings is 1. The molecule has 2 heterocycles. The number of aromatic amines is 1. The van der Waals surface area contributed by atoms with Crippen LogP contribution in [0.4, 0.5) is 0 Å². The van der Waals surface area contributed by atoms with Gasteiger partial charge in [-0.15, -0.1) is 24.0 Å². The summed E-state index contributed by atoms with van der Waals surface area (Å²) in [6.45, 7) is 8.34. The molecule has 1 fully saturated rings. The molecule has 1 aliphatic heterocycles. The third-order valence-corrected chi connectivity index (χ3v) is 4.34. The SMILES string of the molecule is CCNC(=NCCc1nc2ccccc2[nH]1)N1CCCC(C)C1.I. The van der Waals surface area contributed by atoms with Crippen LogP contribution in [0.2, 0.25) is 0 Å². The van der Waals surface area contributed by atoms with E-state index in [-0.39, 0.29) is 24.0 Å². The van der Waals surface area contributed by atoms with Crippen LogP contribution in [0.25, 0.3) is 11.0 Å². The van der Waals surface area contributed by atoms with Gasteiger partial charge in [0.25, 0.3) is 0 Å². The number of aromatic nitrogens is 2. The molecule has 6 heteroatoms. The van der Waals surface area contributed by atoms with Crippen LogP contribution >= 0.6 is 24.0 Å². The predicted octanol–water partition coefficient (Wildman–Crippen LogP) is 3.42. The first kappa shape index (κ1) is 19.0. The number of nitrogens with one attached hydrogen (secondary N) is 2. The Morgan fingerprint density at radius 2 is 2.25 bits per heavy atom. The van der Waals surface area contributed by atoms with Gasteiger partial charge in [-0.3, -0.25) is 4.99 Å². The van der Waals surface area contributed by atoms with E-state index in [4.69, 9.17) is 4.99 Å². The summed E-state index contributed by atoms with van der Waals surface area (Å²) >= 11 is 0. The lowest BCUT2D eigenvalue weighted by Gasteiger charge is -2.33. The van der Waals surface area contributed by atoms with Gasteiger partial charge < -0.3 is 15.2 Å². The van der Waals surface area contributed by atoms with Gasteiger partial charge in [-0.1, -0.05) is 19.1 Å². The summed E-state index contributed by atoms with van der Waals surface area (Å²) in [7, 11) is 0. The van der Waals surface area contributed by atoms with E-state index in [2.05, 4.69) is 40.1 Å². The van der Waals surface area contributed by atoms with Gasteiger partial charge in [0.15, 0.2) is 5.96 Å². The third kappa shape index (κ3) is 4.84. The molecule has 132 valence electrons. The highest BCUT2D eigenvalue weighted by Crippen LogP contribution is 2.15. The van der Waals surface area contributed by atoms with E-state index >= 15 is 0 Å². The maximum atomic E-state index is 4.81. The van der Waals surface area contributed by atoms with E-state index in [1.807, 2.05) is 18.2 Å². The minimum atomic E-state index is 0. The van der Waals surface area contributed by atoms with Crippen molar-refractivity contribution >= 4 is 41.0 Å². The predicted molar refractivity (Wildman–Crippen MR) is 111 cm³/mol. The molecule has 0 aliphatic carbocycles. The van der Waals surface area contributed by atoms with E-state index in [1.54, 1.807) is 0 Å². The van der Waals surface area contributed by atoms with Crippen LogP contribution in [0.1, 0.15) is 32.5 Å². The maximum Gasteiger partial charge on any atom is 0.193 e. The van der Waals surface area contributed by atoms with Crippen molar-refractivity contribution in [3.8, 4) is 0 Å². The van der Waals surface area contributed by atoms with E-state index in [0.717, 1.165) is 61.3 Å². The number of para-hydroxylation sites is 2. The van der Waals surface area contributed by atoms with Crippen molar-refractivity contribution in [2.45, 2.75) is 33.1 Å². The van der Waals surface area contributed by atoms with Crippen LogP contribution in [-0.2, 0) is 6.42 Å². The van der Waals surface area contributed by atoms with Crippen molar-refractivity contribution in [1.82, 2.24) is 20.2 Å². The zero-order chi connectivity index (χ0) is 16.1. The molecule has 1 aromatic carbocycles. The number of guanidine groups is 1. The van der Waals surface area contributed by atoms with E-state index in [9.17, 15) is 0 Å². The van der Waals surface area contributed by atoms with Crippen molar-refractivity contribution in [2.75, 3.05) is 26.2 Å². The van der Waals surface area contributed by atoms with Crippen molar-refractivity contribution in [3.05, 3.63) is 30.1 Å². The molecule has 2 N–H and O–H groups in total. The highest BCUT2D eigenvalue weighted by atomic mass is 127. The van der Waals surface area contributed by atoms with E-state index < -0.39 is 0 Å². The van der Waals surface area contributed by atoms with Gasteiger partial charge >= 0.3 is 0 Å². The zero-order valence-corrected chi connectivity index (χ0v) is 16.9. The lowest BCUT2D eigenvalue weighted by Crippen LogP contribution is -2.46. The number of aliphatic imine (C=N–C) groups is 1. The highest BCUT2D eigenvalue weighted by molar-refractivity contribution is 14.0. The standard InChI is InChI=1S/C18H27N5.HI/c1-3-19-18(23-12-6-7-14(2)13-23)20-11-10-17-21-15-8-4-5-9-16(15)22-17;/h4-5,8-9,14H,3,6-7,10-13H2,1-2H3,(H,19,20)(H,21,22);1H. The molecule has 0 saturated carbocycles. The first-order chi connectivity index (χ1) is 11.3. The Labute approximate surface area is 161 Å². The number of halogens is 1. The molecule has 1 unspecified atom stereocenters. The van der Waals surface area contributed by atoms with Gasteiger partial charge in [0, 0.05) is 32.6 Å². The molecule has 1 aliphatic rings. The van der Waals surface area contributed by atoms with Gasteiger partial charge in [-0.2, -0.15) is 0 Å². The summed E-state index contributed by atoms with van der Waals surface area (Å²) in [5.74, 6) is 2.82. The normalized spacial score (nSPS) is 18.5. The van der Waals surface area contributed by atoms with Crippen LogP contribution in [-0.4, -0.2) is 47.0 Å². The smallest absolute Gasteiger partial charge is 0.193 e. The topological polar surface area (TPSA) is 56.3 Å². The monoisotopic (exact) mass is 441 g/mol. The number of rotatable bonds is 4. The first-order valence-corrected chi connectivity index (χ1v) is 8.73. The van der Waals surface area contributed by atoms with Gasteiger partial charge in [-0.25, -0.2) is 4.98 Å². The quantitative estimate of drug-likeness (QED) is 0.435. The van der Waals surface area contributed by atoms with Gasteiger partial charge in [0.05, 0.1) is 11.0 Å². The Balaban J connectivity index is 0.00000208. The maximum absolute atomic E-state index is 4.81. The van der Waals surface area contributed by atoms with Crippen molar-refractivity contribution in [2.24, 2.45) is 10.9 Å².